The van der Waals surface area contributed by atoms with E-state index in [1.165, 1.54) is 11.3 Å². The molecule has 1 aliphatic rings. The van der Waals surface area contributed by atoms with Crippen LogP contribution in [0.15, 0.2) is 42.3 Å². The zero-order chi connectivity index (χ0) is 21.8. The van der Waals surface area contributed by atoms with Gasteiger partial charge < -0.3 is 5.32 Å². The van der Waals surface area contributed by atoms with Gasteiger partial charge >= 0.3 is 0 Å². The number of pyridine rings is 1. The first-order chi connectivity index (χ1) is 15.1. The third-order valence-corrected chi connectivity index (χ3v) is 7.87. The van der Waals surface area contributed by atoms with Crippen molar-refractivity contribution in [1.29, 1.82) is 0 Å². The number of hydrogen-bond donors (Lipinski definition) is 2. The normalized spacial score (nSPS) is 14.8. The van der Waals surface area contributed by atoms with E-state index in [-0.39, 0.29) is 11.2 Å². The van der Waals surface area contributed by atoms with Crippen molar-refractivity contribution < 1.29 is 9.00 Å². The van der Waals surface area contributed by atoms with E-state index in [1.54, 1.807) is 30.9 Å². The molecule has 1 atom stereocenters. The molecule has 3 aromatic rings. The van der Waals surface area contributed by atoms with Crippen LogP contribution in [0.5, 0.6) is 0 Å². The highest BCUT2D eigenvalue weighted by Crippen LogP contribution is 2.36. The minimum atomic E-state index is -1.11. The number of rotatable bonds is 9. The summed E-state index contributed by atoms with van der Waals surface area (Å²) in [7, 11) is -1.11. The zero-order valence-electron chi connectivity index (χ0n) is 17.4. The third-order valence-electron chi connectivity index (χ3n) is 5.52. The van der Waals surface area contributed by atoms with Gasteiger partial charge in [-0.05, 0) is 37.8 Å². The van der Waals surface area contributed by atoms with Crippen molar-refractivity contribution in [2.75, 3.05) is 10.0 Å². The topological polar surface area (TPSA) is 110 Å². The molecule has 4 rings (SSSR count). The molecule has 3 heterocycles. The molecule has 0 aromatic carbocycles. The molecule has 1 amide bonds. The molecule has 1 aliphatic carbocycles. The maximum Gasteiger partial charge on any atom is 0.237 e. The van der Waals surface area contributed by atoms with Crippen LogP contribution in [0.4, 0.5) is 10.9 Å². The van der Waals surface area contributed by atoms with E-state index in [1.807, 2.05) is 25.3 Å². The third kappa shape index (κ3) is 4.64. The quantitative estimate of drug-likeness (QED) is 0.505. The van der Waals surface area contributed by atoms with Gasteiger partial charge in [-0.2, -0.15) is 0 Å². The number of hydrogen-bond acceptors (Lipinski definition) is 7. The Hall–Kier alpha value is -2.72. The molecule has 1 unspecified atom stereocenters. The van der Waals surface area contributed by atoms with Crippen molar-refractivity contribution in [3.05, 3.63) is 48.0 Å². The number of nitrogens with one attached hydrogen (secondary N) is 2. The van der Waals surface area contributed by atoms with E-state index in [0.717, 1.165) is 24.1 Å². The number of thiazole rings is 1. The van der Waals surface area contributed by atoms with Crippen LogP contribution in [0.3, 0.4) is 0 Å². The number of nitrogens with zero attached hydrogens (tertiary/aromatic N) is 4. The lowest BCUT2D eigenvalue weighted by Gasteiger charge is -2.28. The summed E-state index contributed by atoms with van der Waals surface area (Å²) in [6.45, 7) is 3.95. The average Bonchev–Trinajstić information content (AvgIpc) is 3.56. The standard InChI is InChI=1S/C21H24N6O2S2/c1-3-21(4-2,17-13-30-20(25-17)27-31(29)15-6-7-15)19(28)26-18-8-5-14(11-24-18)16-12-22-9-10-23-16/h5,8-13,15H,3-4,6-7H2,1-2H3,(H,25,27)(H,24,26,28). The van der Waals surface area contributed by atoms with Gasteiger partial charge in [-0.1, -0.05) is 13.8 Å². The Labute approximate surface area is 187 Å². The van der Waals surface area contributed by atoms with Crippen molar-refractivity contribution in [3.63, 3.8) is 0 Å². The summed E-state index contributed by atoms with van der Waals surface area (Å²) >= 11 is 1.38. The lowest BCUT2D eigenvalue weighted by Crippen LogP contribution is -2.40. The fraction of sp³-hybridized carbons (Fsp3) is 0.381. The molecule has 1 saturated carbocycles. The summed E-state index contributed by atoms with van der Waals surface area (Å²) in [6, 6.07) is 3.61. The van der Waals surface area contributed by atoms with Crippen molar-refractivity contribution in [2.24, 2.45) is 0 Å². The minimum absolute atomic E-state index is 0.155. The Morgan fingerprint density at radius 1 is 1.19 bits per heavy atom. The van der Waals surface area contributed by atoms with Crippen molar-refractivity contribution in [3.8, 4) is 11.3 Å². The average molecular weight is 457 g/mol. The number of amides is 1. The number of carbonyl (C=O) groups is 1. The fourth-order valence-electron chi connectivity index (χ4n) is 3.35. The first kappa shape index (κ1) is 21.5. The van der Waals surface area contributed by atoms with Crippen LogP contribution in [0, 0.1) is 0 Å². The van der Waals surface area contributed by atoms with E-state index in [2.05, 4.69) is 30.0 Å². The molecule has 0 aliphatic heterocycles. The zero-order valence-corrected chi connectivity index (χ0v) is 19.0. The maximum atomic E-state index is 13.3. The van der Waals surface area contributed by atoms with Crippen molar-refractivity contribution in [2.45, 2.75) is 50.2 Å². The number of aromatic nitrogens is 4. The Balaban J connectivity index is 1.50. The first-order valence-corrected chi connectivity index (χ1v) is 12.3. The Morgan fingerprint density at radius 2 is 2.00 bits per heavy atom. The van der Waals surface area contributed by atoms with E-state index < -0.39 is 16.4 Å². The number of anilines is 2. The van der Waals surface area contributed by atoms with Gasteiger partial charge in [0.15, 0.2) is 5.13 Å². The van der Waals surface area contributed by atoms with Gasteiger partial charge in [-0.25, -0.2) is 14.2 Å². The first-order valence-electron chi connectivity index (χ1n) is 10.2. The van der Waals surface area contributed by atoms with Gasteiger partial charge in [0, 0.05) is 29.5 Å². The van der Waals surface area contributed by atoms with Gasteiger partial charge in [0.2, 0.25) is 5.91 Å². The molecule has 0 saturated heterocycles. The molecule has 1 fully saturated rings. The van der Waals surface area contributed by atoms with Crippen LogP contribution in [0.25, 0.3) is 11.3 Å². The molecule has 8 nitrogen and oxygen atoms in total. The maximum absolute atomic E-state index is 13.3. The van der Waals surface area contributed by atoms with E-state index in [4.69, 9.17) is 0 Å². The molecular formula is C21H24N6O2S2. The van der Waals surface area contributed by atoms with Crippen LogP contribution in [-0.4, -0.2) is 35.3 Å². The van der Waals surface area contributed by atoms with Crippen LogP contribution in [-0.2, 0) is 21.2 Å². The Kier molecular flexibility index (Phi) is 6.38. The fourth-order valence-corrected chi connectivity index (χ4v) is 5.39. The minimum Gasteiger partial charge on any atom is -0.310 e. The van der Waals surface area contributed by atoms with Crippen molar-refractivity contribution in [1.82, 2.24) is 19.9 Å². The summed E-state index contributed by atoms with van der Waals surface area (Å²) in [6.07, 6.45) is 9.70. The van der Waals surface area contributed by atoms with E-state index in [0.29, 0.717) is 29.5 Å². The lowest BCUT2D eigenvalue weighted by molar-refractivity contribution is -0.122. The molecular weight excluding hydrogens is 432 g/mol. The van der Waals surface area contributed by atoms with Gasteiger partial charge in [0.25, 0.3) is 0 Å². The lowest BCUT2D eigenvalue weighted by atomic mass is 9.78. The molecule has 10 heteroatoms. The number of carbonyl (C=O) groups excluding carboxylic acids is 1. The van der Waals surface area contributed by atoms with Gasteiger partial charge in [0.05, 0.1) is 28.2 Å². The molecule has 0 spiro atoms. The molecule has 31 heavy (non-hydrogen) atoms. The Bertz CT molecular complexity index is 1060. The highest BCUT2D eigenvalue weighted by atomic mass is 32.2. The van der Waals surface area contributed by atoms with E-state index >= 15 is 0 Å². The van der Waals surface area contributed by atoms with E-state index in [9.17, 15) is 9.00 Å². The molecule has 0 bridgehead atoms. The van der Waals surface area contributed by atoms with Gasteiger partial charge in [0.1, 0.15) is 16.8 Å². The predicted octanol–water partition coefficient (Wildman–Crippen LogP) is 3.93. The van der Waals surface area contributed by atoms with Crippen LogP contribution < -0.4 is 10.0 Å². The van der Waals surface area contributed by atoms with Gasteiger partial charge in [-0.3, -0.25) is 19.5 Å². The monoisotopic (exact) mass is 456 g/mol. The van der Waals surface area contributed by atoms with Crippen LogP contribution in [0.2, 0.25) is 0 Å². The molecule has 3 aromatic heterocycles. The highest BCUT2D eigenvalue weighted by molar-refractivity contribution is 7.87. The predicted molar refractivity (Wildman–Crippen MR) is 123 cm³/mol. The van der Waals surface area contributed by atoms with Crippen LogP contribution >= 0.6 is 11.3 Å². The largest absolute Gasteiger partial charge is 0.310 e. The van der Waals surface area contributed by atoms with Crippen LogP contribution in [0.1, 0.15) is 45.2 Å². The summed E-state index contributed by atoms with van der Waals surface area (Å²) in [5, 5.41) is 5.62. The second-order valence-electron chi connectivity index (χ2n) is 7.40. The second kappa shape index (κ2) is 9.19. The molecule has 162 valence electrons. The highest BCUT2D eigenvalue weighted by Gasteiger charge is 2.39. The smallest absolute Gasteiger partial charge is 0.237 e. The molecule has 0 radical (unpaired) electrons. The summed E-state index contributed by atoms with van der Waals surface area (Å²) in [5.41, 5.74) is 1.44. The molecule has 2 N–H and O–H groups in total. The summed E-state index contributed by atoms with van der Waals surface area (Å²) in [4.78, 5) is 30.6. The van der Waals surface area contributed by atoms with Gasteiger partial charge in [-0.15, -0.1) is 11.3 Å². The van der Waals surface area contributed by atoms with Crippen molar-refractivity contribution >= 4 is 39.2 Å². The second-order valence-corrected chi connectivity index (χ2v) is 9.73. The SMILES string of the molecule is CCC(CC)(C(=O)Nc1ccc(-c2cnccn2)cn1)c1csc(NS(=O)C2CC2)n1. The summed E-state index contributed by atoms with van der Waals surface area (Å²) < 4.78 is 15.1. The Morgan fingerprint density at radius 3 is 2.61 bits per heavy atom. The summed E-state index contributed by atoms with van der Waals surface area (Å²) in [5.74, 6) is 0.310.